The number of phosphoric acid groups is 1. The number of unbranched alkanes of at least 4 members (excludes halogenated alkanes) is 8. The summed E-state index contributed by atoms with van der Waals surface area (Å²) >= 11 is 0. The van der Waals surface area contributed by atoms with Crippen LogP contribution in [0.5, 0.6) is 0 Å². The lowest BCUT2D eigenvalue weighted by Gasteiger charge is -2.12. The highest BCUT2D eigenvalue weighted by Crippen LogP contribution is 2.35. The van der Waals surface area contributed by atoms with Gasteiger partial charge < -0.3 is 20.2 Å². The Morgan fingerprint density at radius 3 is 2.17 bits per heavy atom. The van der Waals surface area contributed by atoms with Crippen LogP contribution in [0.2, 0.25) is 0 Å². The zero-order valence-corrected chi connectivity index (χ0v) is 18.7. The van der Waals surface area contributed by atoms with Crippen molar-refractivity contribution in [3.63, 3.8) is 0 Å². The Morgan fingerprint density at radius 2 is 1.55 bits per heavy atom. The van der Waals surface area contributed by atoms with Gasteiger partial charge in [-0.2, -0.15) is 0 Å². The Hall–Kier alpha value is -0.980. The summed E-state index contributed by atoms with van der Waals surface area (Å²) in [6.45, 7) is 1.61. The van der Waals surface area contributed by atoms with Gasteiger partial charge in [-0.05, 0) is 38.5 Å². The van der Waals surface area contributed by atoms with Gasteiger partial charge in [-0.3, -0.25) is 9.32 Å². The predicted molar refractivity (Wildman–Crippen MR) is 116 cm³/mol. The molecule has 0 rings (SSSR count). The van der Waals surface area contributed by atoms with Crippen molar-refractivity contribution in [2.75, 3.05) is 13.2 Å². The van der Waals surface area contributed by atoms with Gasteiger partial charge in [-0.1, -0.05) is 63.3 Å². The zero-order chi connectivity index (χ0) is 21.8. The second kappa shape index (κ2) is 19.0. The predicted octanol–water partition coefficient (Wildman–Crippen LogP) is 4.39. The molecular formula is C21H40NO6P. The Morgan fingerprint density at radius 1 is 0.966 bits per heavy atom. The molecule has 0 aliphatic rings. The summed E-state index contributed by atoms with van der Waals surface area (Å²) in [5.74, 6) is -0.175. The SMILES string of the molecule is CCCCC/C=C/C/C=C/CCCCCCCC(=O)NCC(O)COP(=O)(O)O. The first-order chi connectivity index (χ1) is 13.8. The van der Waals surface area contributed by atoms with Gasteiger partial charge in [0.15, 0.2) is 0 Å². The van der Waals surface area contributed by atoms with Crippen molar-refractivity contribution in [1.82, 2.24) is 5.32 Å². The maximum Gasteiger partial charge on any atom is 0.469 e. The molecular weight excluding hydrogens is 393 g/mol. The minimum atomic E-state index is -4.59. The molecule has 1 atom stereocenters. The first kappa shape index (κ1) is 28.0. The smallest absolute Gasteiger partial charge is 0.389 e. The third-order valence-corrected chi connectivity index (χ3v) is 4.81. The second-order valence-corrected chi connectivity index (χ2v) is 8.46. The van der Waals surface area contributed by atoms with Crippen LogP contribution in [0.15, 0.2) is 24.3 Å². The van der Waals surface area contributed by atoms with Gasteiger partial charge in [0.1, 0.15) is 0 Å². The summed E-state index contributed by atoms with van der Waals surface area (Å²) in [7, 11) is -4.59. The quantitative estimate of drug-likeness (QED) is 0.136. The van der Waals surface area contributed by atoms with Crippen LogP contribution >= 0.6 is 7.82 Å². The molecule has 7 nitrogen and oxygen atoms in total. The van der Waals surface area contributed by atoms with Crippen molar-refractivity contribution in [3.05, 3.63) is 24.3 Å². The average molecular weight is 434 g/mol. The number of amides is 1. The van der Waals surface area contributed by atoms with E-state index in [1.807, 2.05) is 0 Å². The number of aliphatic hydroxyl groups is 1. The van der Waals surface area contributed by atoms with Crippen molar-refractivity contribution in [2.45, 2.75) is 90.1 Å². The highest BCUT2D eigenvalue weighted by molar-refractivity contribution is 7.46. The monoisotopic (exact) mass is 433 g/mol. The third-order valence-electron chi connectivity index (χ3n) is 4.32. The van der Waals surface area contributed by atoms with Gasteiger partial charge in [-0.15, -0.1) is 0 Å². The van der Waals surface area contributed by atoms with Crippen molar-refractivity contribution in [3.8, 4) is 0 Å². The highest BCUT2D eigenvalue weighted by Gasteiger charge is 2.17. The van der Waals surface area contributed by atoms with Crippen LogP contribution in [-0.4, -0.2) is 40.1 Å². The number of hydrogen-bond donors (Lipinski definition) is 4. The number of allylic oxidation sites excluding steroid dienone is 4. The molecule has 0 bridgehead atoms. The van der Waals surface area contributed by atoms with E-state index >= 15 is 0 Å². The van der Waals surface area contributed by atoms with Crippen molar-refractivity contribution >= 4 is 13.7 Å². The zero-order valence-electron chi connectivity index (χ0n) is 17.8. The molecule has 0 aliphatic carbocycles. The van der Waals surface area contributed by atoms with E-state index in [9.17, 15) is 14.5 Å². The molecule has 170 valence electrons. The summed E-state index contributed by atoms with van der Waals surface area (Å²) in [6.07, 6.45) is 20.6. The molecule has 4 N–H and O–H groups in total. The van der Waals surface area contributed by atoms with E-state index in [0.717, 1.165) is 44.9 Å². The molecule has 0 saturated heterocycles. The molecule has 0 aromatic rings. The molecule has 0 aliphatic heterocycles. The molecule has 8 heteroatoms. The summed E-state index contributed by atoms with van der Waals surface area (Å²) < 4.78 is 14.7. The van der Waals surface area contributed by atoms with Crippen LogP contribution in [0, 0.1) is 0 Å². The number of rotatable bonds is 19. The number of hydrogen-bond acceptors (Lipinski definition) is 4. The molecule has 0 saturated carbocycles. The lowest BCUT2D eigenvalue weighted by molar-refractivity contribution is -0.121. The summed E-state index contributed by atoms with van der Waals surface area (Å²) in [6, 6.07) is 0. The Balaban J connectivity index is 3.44. The molecule has 0 spiro atoms. The van der Waals surface area contributed by atoms with E-state index in [1.54, 1.807) is 0 Å². The van der Waals surface area contributed by atoms with Crippen molar-refractivity contribution < 1.29 is 28.8 Å². The third kappa shape index (κ3) is 23.2. The van der Waals surface area contributed by atoms with Gasteiger partial charge in [0.05, 0.1) is 12.7 Å². The minimum Gasteiger partial charge on any atom is -0.389 e. The number of nitrogens with one attached hydrogen (secondary N) is 1. The van der Waals surface area contributed by atoms with Crippen LogP contribution in [0.4, 0.5) is 0 Å². The standard InChI is InChI=1S/C21H40NO6P/c1-2-3-4-5-6-7-8-9-10-11-12-13-14-15-16-17-21(24)22-18-20(23)19-28-29(25,26)27/h6-7,9-10,20,23H,2-5,8,11-19H2,1H3,(H,22,24)(H2,25,26,27)/b7-6+,10-9+. The number of carbonyl (C=O) groups is 1. The topological polar surface area (TPSA) is 116 Å². The fraction of sp³-hybridized carbons (Fsp3) is 0.762. The van der Waals surface area contributed by atoms with E-state index in [0.29, 0.717) is 6.42 Å². The molecule has 0 aromatic heterocycles. The van der Waals surface area contributed by atoms with Crippen LogP contribution in [0.3, 0.4) is 0 Å². The van der Waals surface area contributed by atoms with Crippen LogP contribution < -0.4 is 5.32 Å². The van der Waals surface area contributed by atoms with Crippen LogP contribution in [-0.2, 0) is 13.9 Å². The number of carbonyl (C=O) groups excluding carboxylic acids is 1. The first-order valence-corrected chi connectivity index (χ1v) is 12.3. The fourth-order valence-electron chi connectivity index (χ4n) is 2.66. The van der Waals surface area contributed by atoms with Gasteiger partial charge in [0.25, 0.3) is 0 Å². The number of phosphoric ester groups is 1. The average Bonchev–Trinajstić information content (AvgIpc) is 2.67. The maximum absolute atomic E-state index is 11.7. The van der Waals surface area contributed by atoms with E-state index in [2.05, 4.69) is 41.1 Å². The van der Waals surface area contributed by atoms with Gasteiger partial charge >= 0.3 is 7.82 Å². The largest absolute Gasteiger partial charge is 0.469 e. The number of aliphatic hydroxyl groups excluding tert-OH is 1. The van der Waals surface area contributed by atoms with E-state index < -0.39 is 20.5 Å². The highest BCUT2D eigenvalue weighted by atomic mass is 31.2. The molecule has 1 unspecified atom stereocenters. The van der Waals surface area contributed by atoms with Crippen LogP contribution in [0.1, 0.15) is 84.0 Å². The lowest BCUT2D eigenvalue weighted by atomic mass is 10.1. The fourth-order valence-corrected chi connectivity index (χ4v) is 3.03. The molecule has 0 radical (unpaired) electrons. The molecule has 0 heterocycles. The van der Waals surface area contributed by atoms with Gasteiger partial charge in [0.2, 0.25) is 5.91 Å². The Bertz CT molecular complexity index is 503. The molecule has 1 amide bonds. The minimum absolute atomic E-state index is 0.0842. The van der Waals surface area contributed by atoms with Gasteiger partial charge in [-0.25, -0.2) is 4.57 Å². The van der Waals surface area contributed by atoms with Crippen molar-refractivity contribution in [1.29, 1.82) is 0 Å². The van der Waals surface area contributed by atoms with Gasteiger partial charge in [0, 0.05) is 13.0 Å². The molecule has 0 aromatic carbocycles. The normalized spacial score (nSPS) is 13.4. The summed E-state index contributed by atoms with van der Waals surface area (Å²) in [4.78, 5) is 28.7. The van der Waals surface area contributed by atoms with Crippen LogP contribution in [0.25, 0.3) is 0 Å². The van der Waals surface area contributed by atoms with E-state index in [4.69, 9.17) is 9.79 Å². The van der Waals surface area contributed by atoms with Crippen molar-refractivity contribution in [2.24, 2.45) is 0 Å². The Labute approximate surface area is 175 Å². The summed E-state index contributed by atoms with van der Waals surface area (Å²) in [5, 5.41) is 12.0. The Kier molecular flexibility index (Phi) is 18.4. The second-order valence-electron chi connectivity index (χ2n) is 7.22. The van der Waals surface area contributed by atoms with E-state index in [-0.39, 0.29) is 12.5 Å². The first-order valence-electron chi connectivity index (χ1n) is 10.8. The summed E-state index contributed by atoms with van der Waals surface area (Å²) in [5.41, 5.74) is 0. The van der Waals surface area contributed by atoms with E-state index in [1.165, 1.54) is 25.7 Å². The molecule has 0 fully saturated rings. The lowest BCUT2D eigenvalue weighted by Crippen LogP contribution is -2.34. The molecule has 29 heavy (non-hydrogen) atoms. The maximum atomic E-state index is 11.7.